The van der Waals surface area contributed by atoms with Crippen molar-refractivity contribution in [2.75, 3.05) is 11.3 Å². The molecule has 8 nitrogen and oxygen atoms in total. The molecule has 0 spiro atoms. The first-order valence-electron chi connectivity index (χ1n) is 6.91. The van der Waals surface area contributed by atoms with Gasteiger partial charge in [0.1, 0.15) is 0 Å². The van der Waals surface area contributed by atoms with Crippen LogP contribution in [0.4, 0.5) is 0 Å². The molecule has 124 valence electrons. The minimum absolute atomic E-state index is 0.107. The third-order valence-corrected chi connectivity index (χ3v) is 4.31. The van der Waals surface area contributed by atoms with Crippen LogP contribution in [0.3, 0.4) is 0 Å². The molecule has 9 heteroatoms. The summed E-state index contributed by atoms with van der Waals surface area (Å²) in [4.78, 5) is 24.1. The van der Waals surface area contributed by atoms with Gasteiger partial charge in [-0.25, -0.2) is 23.3 Å². The van der Waals surface area contributed by atoms with Crippen LogP contribution in [0.1, 0.15) is 20.8 Å². The number of aromatic amines is 1. The summed E-state index contributed by atoms with van der Waals surface area (Å²) in [5.41, 5.74) is -0.160. The number of H-pyrrole nitrogens is 1. The monoisotopic (exact) mass is 338 g/mol. The van der Waals surface area contributed by atoms with Crippen molar-refractivity contribution < 1.29 is 13.2 Å². The highest BCUT2D eigenvalue weighted by Crippen LogP contribution is 2.20. The van der Waals surface area contributed by atoms with Crippen molar-refractivity contribution in [3.63, 3.8) is 0 Å². The second kappa shape index (κ2) is 5.99. The van der Waals surface area contributed by atoms with Crippen molar-refractivity contribution in [2.45, 2.75) is 31.7 Å². The molecule has 1 N–H and O–H groups in total. The summed E-state index contributed by atoms with van der Waals surface area (Å²) in [6.07, 6.45) is 1.10. The van der Waals surface area contributed by atoms with E-state index in [0.717, 1.165) is 10.9 Å². The number of amides is 1. The van der Waals surface area contributed by atoms with E-state index in [0.29, 0.717) is 5.56 Å². The second-order valence-electron chi connectivity index (χ2n) is 5.42. The first-order chi connectivity index (χ1) is 10.6. The van der Waals surface area contributed by atoms with Gasteiger partial charge in [-0.1, -0.05) is 12.1 Å². The van der Waals surface area contributed by atoms with E-state index in [1.54, 1.807) is 26.0 Å². The molecule has 0 aliphatic carbocycles. The molecule has 0 saturated heterocycles. The number of benzene rings is 1. The molecule has 0 unspecified atom stereocenters. The maximum Gasteiger partial charge on any atom is 0.363 e. The number of nitrogens with one attached hydrogen (secondary N) is 1. The lowest BCUT2D eigenvalue weighted by atomic mass is 10.2. The zero-order chi connectivity index (χ0) is 17.4. The average molecular weight is 338 g/mol. The Balaban J connectivity index is 2.68. The lowest BCUT2D eigenvalue weighted by Gasteiger charge is -2.26. The lowest BCUT2D eigenvalue weighted by Crippen LogP contribution is -2.49. The third-order valence-electron chi connectivity index (χ3n) is 3.20. The van der Waals surface area contributed by atoms with Gasteiger partial charge in [-0.2, -0.15) is 9.77 Å². The number of nitrogens with zero attached hydrogens (tertiary/aromatic N) is 3. The number of hydrogen-bond acceptors (Lipinski definition) is 5. The molecule has 23 heavy (non-hydrogen) atoms. The van der Waals surface area contributed by atoms with Crippen molar-refractivity contribution in [3.8, 4) is 11.4 Å². The Morgan fingerprint density at radius 1 is 1.35 bits per heavy atom. The van der Waals surface area contributed by atoms with E-state index in [4.69, 9.17) is 0 Å². The summed E-state index contributed by atoms with van der Waals surface area (Å²) in [6, 6.07) is 5.78. The molecule has 0 radical (unpaired) electrons. The van der Waals surface area contributed by atoms with Gasteiger partial charge in [0, 0.05) is 24.8 Å². The third kappa shape index (κ3) is 3.34. The molecule has 0 saturated carbocycles. The van der Waals surface area contributed by atoms with Crippen LogP contribution in [0.2, 0.25) is 0 Å². The van der Waals surface area contributed by atoms with Crippen molar-refractivity contribution in [3.05, 3.63) is 34.7 Å². The zero-order valence-electron chi connectivity index (χ0n) is 13.3. The average Bonchev–Trinajstić information content (AvgIpc) is 2.79. The molecule has 0 aliphatic rings. The molecule has 0 fully saturated rings. The SMILES string of the molecule is CC(=O)N(C(C)C)n1c(-c2cccc(S(C)(=O)=O)c2)n[nH]c1=O. The van der Waals surface area contributed by atoms with E-state index in [9.17, 15) is 18.0 Å². The van der Waals surface area contributed by atoms with Gasteiger partial charge in [-0.05, 0) is 26.0 Å². The quantitative estimate of drug-likeness (QED) is 0.876. The Hall–Kier alpha value is -2.42. The predicted octanol–water partition coefficient (Wildman–Crippen LogP) is 0.535. The molecule has 0 aliphatic heterocycles. The van der Waals surface area contributed by atoms with Crippen LogP contribution in [0.15, 0.2) is 34.0 Å². The predicted molar refractivity (Wildman–Crippen MR) is 85.4 cm³/mol. The minimum Gasteiger partial charge on any atom is -0.273 e. The highest BCUT2D eigenvalue weighted by Gasteiger charge is 2.23. The summed E-state index contributed by atoms with van der Waals surface area (Å²) in [5, 5.41) is 7.49. The summed E-state index contributed by atoms with van der Waals surface area (Å²) in [6.45, 7) is 4.87. The van der Waals surface area contributed by atoms with E-state index in [1.165, 1.54) is 24.1 Å². The number of sulfone groups is 1. The van der Waals surface area contributed by atoms with Crippen molar-refractivity contribution in [1.29, 1.82) is 0 Å². The molecular weight excluding hydrogens is 320 g/mol. The summed E-state index contributed by atoms with van der Waals surface area (Å²) < 4.78 is 24.5. The topological polar surface area (TPSA) is 105 Å². The van der Waals surface area contributed by atoms with Crippen molar-refractivity contribution in [1.82, 2.24) is 14.9 Å². The van der Waals surface area contributed by atoms with Gasteiger partial charge in [0.2, 0.25) is 5.91 Å². The minimum atomic E-state index is -3.40. The zero-order valence-corrected chi connectivity index (χ0v) is 14.1. The van der Waals surface area contributed by atoms with E-state index >= 15 is 0 Å². The van der Waals surface area contributed by atoms with Crippen LogP contribution in [-0.2, 0) is 14.6 Å². The standard InChI is InChI=1S/C14H18N4O4S/c1-9(2)17(10(3)19)18-13(15-16-14(18)20)11-6-5-7-12(8-11)23(4,21)22/h5-9H,1-4H3,(H,16,20). The van der Waals surface area contributed by atoms with Gasteiger partial charge < -0.3 is 0 Å². The number of carbonyl (C=O) groups is 1. The van der Waals surface area contributed by atoms with Gasteiger partial charge in [0.15, 0.2) is 15.7 Å². The van der Waals surface area contributed by atoms with Gasteiger partial charge >= 0.3 is 5.69 Å². The van der Waals surface area contributed by atoms with Gasteiger partial charge in [0.05, 0.1) is 4.90 Å². The van der Waals surface area contributed by atoms with E-state index in [-0.39, 0.29) is 22.7 Å². The van der Waals surface area contributed by atoms with Crippen LogP contribution >= 0.6 is 0 Å². The second-order valence-corrected chi connectivity index (χ2v) is 7.44. The fourth-order valence-electron chi connectivity index (χ4n) is 2.28. The van der Waals surface area contributed by atoms with Crippen LogP contribution in [0, 0.1) is 0 Å². The van der Waals surface area contributed by atoms with E-state index in [2.05, 4.69) is 10.2 Å². The van der Waals surface area contributed by atoms with E-state index < -0.39 is 15.5 Å². The van der Waals surface area contributed by atoms with Gasteiger partial charge in [-0.15, -0.1) is 0 Å². The molecule has 2 rings (SSSR count). The Kier molecular flexibility index (Phi) is 4.42. The Morgan fingerprint density at radius 3 is 2.52 bits per heavy atom. The Labute approximate surface area is 133 Å². The summed E-state index contributed by atoms with van der Waals surface area (Å²) in [5.74, 6) is -0.159. The van der Waals surface area contributed by atoms with Crippen LogP contribution in [0.5, 0.6) is 0 Å². The molecule has 0 atom stereocenters. The fraction of sp³-hybridized carbons (Fsp3) is 0.357. The van der Waals surface area contributed by atoms with Crippen LogP contribution in [0.25, 0.3) is 11.4 Å². The molecule has 1 aromatic carbocycles. The van der Waals surface area contributed by atoms with Crippen molar-refractivity contribution >= 4 is 15.7 Å². The maximum absolute atomic E-state index is 12.1. The summed E-state index contributed by atoms with van der Waals surface area (Å²) >= 11 is 0. The number of carbonyl (C=O) groups excluding carboxylic acids is 1. The number of aromatic nitrogens is 3. The summed E-state index contributed by atoms with van der Waals surface area (Å²) in [7, 11) is -3.40. The van der Waals surface area contributed by atoms with Crippen molar-refractivity contribution in [2.24, 2.45) is 0 Å². The van der Waals surface area contributed by atoms with Gasteiger partial charge in [0.25, 0.3) is 0 Å². The lowest BCUT2D eigenvalue weighted by molar-refractivity contribution is -0.118. The number of hydrogen-bond donors (Lipinski definition) is 1. The van der Waals surface area contributed by atoms with Crippen LogP contribution in [-0.4, -0.2) is 41.5 Å². The largest absolute Gasteiger partial charge is 0.363 e. The number of rotatable bonds is 4. The van der Waals surface area contributed by atoms with E-state index in [1.807, 2.05) is 0 Å². The molecule has 1 aromatic heterocycles. The highest BCUT2D eigenvalue weighted by molar-refractivity contribution is 7.90. The maximum atomic E-state index is 12.1. The molecular formula is C14H18N4O4S. The normalized spacial score (nSPS) is 11.7. The molecule has 0 bridgehead atoms. The molecule has 2 aromatic rings. The smallest absolute Gasteiger partial charge is 0.273 e. The molecule has 1 amide bonds. The first kappa shape index (κ1) is 16.9. The van der Waals surface area contributed by atoms with Gasteiger partial charge in [-0.3, -0.25) is 4.79 Å². The molecule has 1 heterocycles. The highest BCUT2D eigenvalue weighted by atomic mass is 32.2. The fourth-order valence-corrected chi connectivity index (χ4v) is 2.95. The Bertz CT molecular complexity index is 895. The van der Waals surface area contributed by atoms with Crippen LogP contribution < -0.4 is 10.7 Å². The first-order valence-corrected chi connectivity index (χ1v) is 8.80. The Morgan fingerprint density at radius 2 is 2.00 bits per heavy atom.